The SMILES string of the molecule is CCCC1CCC(C2CC=C(c3ccc(Cl)cc3)CC2)CC1. The Hall–Kier alpha value is -0.750. The van der Waals surface area contributed by atoms with Crippen LogP contribution in [0.25, 0.3) is 5.57 Å². The van der Waals surface area contributed by atoms with Gasteiger partial charge in [0.1, 0.15) is 0 Å². The second-order valence-corrected chi connectivity index (χ2v) is 7.78. The van der Waals surface area contributed by atoms with Gasteiger partial charge in [0.05, 0.1) is 0 Å². The number of benzene rings is 1. The summed E-state index contributed by atoms with van der Waals surface area (Å²) in [7, 11) is 0. The highest BCUT2D eigenvalue weighted by molar-refractivity contribution is 6.30. The van der Waals surface area contributed by atoms with E-state index in [9.17, 15) is 0 Å². The first kappa shape index (κ1) is 16.1. The zero-order chi connectivity index (χ0) is 15.4. The van der Waals surface area contributed by atoms with Crippen LogP contribution in [0.5, 0.6) is 0 Å². The van der Waals surface area contributed by atoms with Gasteiger partial charge in [-0.1, -0.05) is 62.4 Å². The fourth-order valence-electron chi connectivity index (χ4n) is 4.57. The lowest BCUT2D eigenvalue weighted by atomic mass is 9.70. The van der Waals surface area contributed by atoms with Gasteiger partial charge in [-0.25, -0.2) is 0 Å². The Morgan fingerprint density at radius 2 is 1.68 bits per heavy atom. The van der Waals surface area contributed by atoms with Crippen molar-refractivity contribution < 1.29 is 0 Å². The van der Waals surface area contributed by atoms with Crippen molar-refractivity contribution in [1.82, 2.24) is 0 Å². The van der Waals surface area contributed by atoms with Gasteiger partial charge in [0.15, 0.2) is 0 Å². The summed E-state index contributed by atoms with van der Waals surface area (Å²) in [6.45, 7) is 2.33. The zero-order valence-electron chi connectivity index (χ0n) is 13.9. The molecule has 1 atom stereocenters. The molecule has 1 saturated carbocycles. The Labute approximate surface area is 141 Å². The van der Waals surface area contributed by atoms with Crippen LogP contribution in [-0.4, -0.2) is 0 Å². The van der Waals surface area contributed by atoms with E-state index in [0.29, 0.717) is 0 Å². The third-order valence-electron chi connectivity index (χ3n) is 5.92. The minimum atomic E-state index is 0.835. The highest BCUT2D eigenvalue weighted by Crippen LogP contribution is 2.42. The van der Waals surface area contributed by atoms with Crippen LogP contribution in [0.4, 0.5) is 0 Å². The number of halogens is 1. The summed E-state index contributed by atoms with van der Waals surface area (Å²) < 4.78 is 0. The normalized spacial score (nSPS) is 29.2. The highest BCUT2D eigenvalue weighted by Gasteiger charge is 2.28. The Kier molecular flexibility index (Phi) is 5.63. The maximum Gasteiger partial charge on any atom is 0.0406 e. The third-order valence-corrected chi connectivity index (χ3v) is 6.17. The number of hydrogen-bond acceptors (Lipinski definition) is 0. The molecule has 22 heavy (non-hydrogen) atoms. The number of hydrogen-bond donors (Lipinski definition) is 0. The smallest absolute Gasteiger partial charge is 0.0406 e. The van der Waals surface area contributed by atoms with Gasteiger partial charge >= 0.3 is 0 Å². The highest BCUT2D eigenvalue weighted by atomic mass is 35.5. The van der Waals surface area contributed by atoms with Gasteiger partial charge < -0.3 is 0 Å². The summed E-state index contributed by atoms with van der Waals surface area (Å²) in [6, 6.07) is 8.37. The molecule has 0 nitrogen and oxygen atoms in total. The summed E-state index contributed by atoms with van der Waals surface area (Å²) in [5.74, 6) is 2.97. The van der Waals surface area contributed by atoms with E-state index in [1.807, 2.05) is 12.1 Å². The fraction of sp³-hybridized carbons (Fsp3) is 0.619. The predicted molar refractivity (Wildman–Crippen MR) is 97.1 cm³/mol. The second-order valence-electron chi connectivity index (χ2n) is 7.34. The summed E-state index contributed by atoms with van der Waals surface area (Å²) in [5.41, 5.74) is 2.90. The Bertz CT molecular complexity index is 491. The molecule has 3 rings (SSSR count). The predicted octanol–water partition coefficient (Wildman–Crippen LogP) is 7.13. The van der Waals surface area contributed by atoms with E-state index in [-0.39, 0.29) is 0 Å². The van der Waals surface area contributed by atoms with Crippen molar-refractivity contribution in [1.29, 1.82) is 0 Å². The van der Waals surface area contributed by atoms with Gasteiger partial charge in [-0.2, -0.15) is 0 Å². The molecular formula is C21H29Cl. The van der Waals surface area contributed by atoms with Crippen LogP contribution >= 0.6 is 11.6 Å². The molecule has 0 bridgehead atoms. The van der Waals surface area contributed by atoms with E-state index in [0.717, 1.165) is 22.8 Å². The number of rotatable bonds is 4. The van der Waals surface area contributed by atoms with Gasteiger partial charge in [-0.05, 0) is 73.1 Å². The van der Waals surface area contributed by atoms with Crippen LogP contribution in [0.1, 0.15) is 70.3 Å². The van der Waals surface area contributed by atoms with E-state index in [1.165, 1.54) is 68.9 Å². The molecule has 0 aliphatic heterocycles. The van der Waals surface area contributed by atoms with Crippen molar-refractivity contribution in [3.63, 3.8) is 0 Å². The lowest BCUT2D eigenvalue weighted by molar-refractivity contribution is 0.189. The largest absolute Gasteiger partial charge is 0.0843 e. The Balaban J connectivity index is 1.54. The van der Waals surface area contributed by atoms with Gasteiger partial charge in [0, 0.05) is 5.02 Å². The summed E-state index contributed by atoms with van der Waals surface area (Å²) in [5, 5.41) is 0.835. The molecule has 0 radical (unpaired) electrons. The van der Waals surface area contributed by atoms with Crippen molar-refractivity contribution in [2.24, 2.45) is 17.8 Å². The van der Waals surface area contributed by atoms with Gasteiger partial charge in [-0.15, -0.1) is 0 Å². The first-order chi connectivity index (χ1) is 10.8. The summed E-state index contributed by atoms with van der Waals surface area (Å²) >= 11 is 5.99. The average molecular weight is 317 g/mol. The van der Waals surface area contributed by atoms with Crippen LogP contribution in [0, 0.1) is 17.8 Å². The molecule has 1 heteroatoms. The maximum atomic E-state index is 5.99. The van der Waals surface area contributed by atoms with Gasteiger partial charge in [0.2, 0.25) is 0 Å². The molecule has 0 N–H and O–H groups in total. The number of allylic oxidation sites excluding steroid dienone is 2. The van der Waals surface area contributed by atoms with Crippen molar-refractivity contribution >= 4 is 17.2 Å². The Morgan fingerprint density at radius 3 is 2.27 bits per heavy atom. The van der Waals surface area contributed by atoms with Crippen LogP contribution in [-0.2, 0) is 0 Å². The molecule has 0 amide bonds. The van der Waals surface area contributed by atoms with Gasteiger partial charge in [-0.3, -0.25) is 0 Å². The summed E-state index contributed by atoms with van der Waals surface area (Å²) in [4.78, 5) is 0. The second kappa shape index (κ2) is 7.68. The van der Waals surface area contributed by atoms with E-state index >= 15 is 0 Å². The van der Waals surface area contributed by atoms with E-state index in [4.69, 9.17) is 11.6 Å². The molecule has 0 saturated heterocycles. The van der Waals surface area contributed by atoms with Crippen LogP contribution in [0.3, 0.4) is 0 Å². The van der Waals surface area contributed by atoms with Crippen molar-refractivity contribution in [3.05, 3.63) is 40.9 Å². The van der Waals surface area contributed by atoms with Crippen molar-refractivity contribution in [2.75, 3.05) is 0 Å². The standard InChI is InChI=1S/C21H29Cl/c1-2-3-16-4-6-17(7-5-16)18-8-10-19(11-9-18)20-12-14-21(22)15-13-20/h10,12-18H,2-9,11H2,1H3. The molecular weight excluding hydrogens is 288 g/mol. The topological polar surface area (TPSA) is 0 Å². The Morgan fingerprint density at radius 1 is 0.955 bits per heavy atom. The zero-order valence-corrected chi connectivity index (χ0v) is 14.6. The lowest BCUT2D eigenvalue weighted by Crippen LogP contribution is -2.23. The summed E-state index contributed by atoms with van der Waals surface area (Å²) in [6.07, 6.45) is 15.2. The third kappa shape index (κ3) is 3.96. The molecule has 1 aromatic rings. The molecule has 1 aromatic carbocycles. The van der Waals surface area contributed by atoms with Crippen LogP contribution < -0.4 is 0 Å². The molecule has 2 aliphatic rings. The molecule has 120 valence electrons. The maximum absolute atomic E-state index is 5.99. The molecule has 2 aliphatic carbocycles. The van der Waals surface area contributed by atoms with E-state index in [2.05, 4.69) is 25.1 Å². The fourth-order valence-corrected chi connectivity index (χ4v) is 4.69. The first-order valence-electron chi connectivity index (χ1n) is 9.21. The van der Waals surface area contributed by atoms with Gasteiger partial charge in [0.25, 0.3) is 0 Å². The first-order valence-corrected chi connectivity index (χ1v) is 9.59. The molecule has 0 spiro atoms. The minimum Gasteiger partial charge on any atom is -0.0843 e. The molecule has 1 unspecified atom stereocenters. The monoisotopic (exact) mass is 316 g/mol. The van der Waals surface area contributed by atoms with E-state index < -0.39 is 0 Å². The average Bonchev–Trinajstić information content (AvgIpc) is 2.57. The lowest BCUT2D eigenvalue weighted by Gasteiger charge is -2.35. The van der Waals surface area contributed by atoms with Crippen molar-refractivity contribution in [2.45, 2.75) is 64.7 Å². The minimum absolute atomic E-state index is 0.835. The van der Waals surface area contributed by atoms with E-state index in [1.54, 1.807) is 0 Å². The van der Waals surface area contributed by atoms with Crippen LogP contribution in [0.15, 0.2) is 30.3 Å². The molecule has 0 heterocycles. The molecule has 1 fully saturated rings. The quantitative estimate of drug-likeness (QED) is 0.554. The molecule has 0 aromatic heterocycles. The van der Waals surface area contributed by atoms with Crippen molar-refractivity contribution in [3.8, 4) is 0 Å². The van der Waals surface area contributed by atoms with Crippen LogP contribution in [0.2, 0.25) is 5.02 Å².